The first-order valence-corrected chi connectivity index (χ1v) is 11.5. The normalized spacial score (nSPS) is 34.9. The lowest BCUT2D eigenvalue weighted by Crippen LogP contribution is -2.71. The van der Waals surface area contributed by atoms with Crippen molar-refractivity contribution in [3.63, 3.8) is 0 Å². The Balaban J connectivity index is 1.60. The number of rotatable bonds is 6. The highest BCUT2D eigenvalue weighted by Gasteiger charge is 2.71. The van der Waals surface area contributed by atoms with Crippen LogP contribution in [0.4, 0.5) is 4.39 Å². The number of hydrogen-bond acceptors (Lipinski definition) is 7. The molecule has 186 valence electrons. The molecule has 2 fully saturated rings. The molecule has 4 rings (SSSR count). The Labute approximate surface area is 202 Å². The number of carbonyl (C=O) groups is 1. The minimum absolute atomic E-state index is 0.166. The number of halogens is 2. The third-order valence-electron chi connectivity index (χ3n) is 6.67. The van der Waals surface area contributed by atoms with E-state index in [4.69, 9.17) is 25.8 Å². The summed E-state index contributed by atoms with van der Waals surface area (Å²) in [5.74, 6) is -3.29. The van der Waals surface area contributed by atoms with Crippen molar-refractivity contribution in [2.24, 2.45) is 5.92 Å². The summed E-state index contributed by atoms with van der Waals surface area (Å²) in [4.78, 5) is 14.1. The maximum atomic E-state index is 14.3. The second-order valence-electron chi connectivity index (χ2n) is 9.08. The van der Waals surface area contributed by atoms with Gasteiger partial charge in [0.15, 0.2) is 11.6 Å². The van der Waals surface area contributed by atoms with Gasteiger partial charge in [-0.15, -0.1) is 0 Å². The van der Waals surface area contributed by atoms with Crippen LogP contribution in [0.25, 0.3) is 0 Å². The predicted molar refractivity (Wildman–Crippen MR) is 121 cm³/mol. The topological polar surface area (TPSA) is 109 Å². The van der Waals surface area contributed by atoms with Crippen LogP contribution in [-0.2, 0) is 20.7 Å². The molecule has 3 N–H and O–H groups in total. The van der Waals surface area contributed by atoms with Gasteiger partial charge >= 0.3 is 0 Å². The van der Waals surface area contributed by atoms with Gasteiger partial charge in [-0.25, -0.2) is 4.39 Å². The molecule has 10 heteroatoms. The van der Waals surface area contributed by atoms with Crippen molar-refractivity contribution in [1.82, 2.24) is 4.90 Å². The Bertz CT molecular complexity index is 1030. The molecular formula is C24H29ClFNO7. The molecule has 34 heavy (non-hydrogen) atoms. The number of amides is 1. The molecule has 2 aliphatic heterocycles. The van der Waals surface area contributed by atoms with Crippen LogP contribution in [0, 0.1) is 11.7 Å². The first-order chi connectivity index (χ1) is 16.1. The highest BCUT2D eigenvalue weighted by molar-refractivity contribution is 6.31. The second kappa shape index (κ2) is 9.22. The van der Waals surface area contributed by atoms with E-state index in [2.05, 4.69) is 0 Å². The lowest BCUT2D eigenvalue weighted by molar-refractivity contribution is -0.326. The molecule has 1 aromatic carbocycles. The number of likely N-dealkylation sites (N-methyl/N-ethyl adjacent to an activating group) is 1. The van der Waals surface area contributed by atoms with Crippen LogP contribution in [0.3, 0.4) is 0 Å². The van der Waals surface area contributed by atoms with Gasteiger partial charge in [-0.2, -0.15) is 0 Å². The van der Waals surface area contributed by atoms with Crippen molar-refractivity contribution in [2.75, 3.05) is 27.3 Å². The van der Waals surface area contributed by atoms with Crippen molar-refractivity contribution in [3.8, 4) is 5.75 Å². The molecule has 0 spiro atoms. The summed E-state index contributed by atoms with van der Waals surface area (Å²) < 4.78 is 31.5. The maximum Gasteiger partial charge on any atom is 0.259 e. The Morgan fingerprint density at radius 1 is 1.29 bits per heavy atom. The average molecular weight is 498 g/mol. The first kappa shape index (κ1) is 25.1. The van der Waals surface area contributed by atoms with E-state index in [0.717, 1.165) is 5.57 Å². The standard InChI is InChI=1S/C24H29ClFNO7/c1-4-32-18-8-5-13(10-17(18)26)9-14-11-15(6-7-16(14)25)24-21(30)19(28)20(29)23(34-24,12-33-24)22(31)27(2)3/h5-8,10,15,19-21,28-30H,4,9,11-12H2,1-3H3/t15?,19-,20-,21+,23-,24-/m0/s1. The van der Waals surface area contributed by atoms with E-state index >= 15 is 0 Å². The van der Waals surface area contributed by atoms with Crippen LogP contribution >= 0.6 is 11.6 Å². The van der Waals surface area contributed by atoms with Crippen molar-refractivity contribution in [1.29, 1.82) is 0 Å². The Morgan fingerprint density at radius 3 is 2.68 bits per heavy atom. The predicted octanol–water partition coefficient (Wildman–Crippen LogP) is 1.50. The minimum atomic E-state index is -1.85. The highest BCUT2D eigenvalue weighted by Crippen LogP contribution is 2.51. The van der Waals surface area contributed by atoms with Crippen LogP contribution in [0.5, 0.6) is 5.75 Å². The molecule has 0 saturated carbocycles. The summed E-state index contributed by atoms with van der Waals surface area (Å²) in [6, 6.07) is 4.69. The third kappa shape index (κ3) is 3.94. The van der Waals surface area contributed by atoms with Crippen molar-refractivity contribution < 1.29 is 38.7 Å². The summed E-state index contributed by atoms with van der Waals surface area (Å²) in [6.45, 7) is 1.79. The zero-order valence-electron chi connectivity index (χ0n) is 19.2. The quantitative estimate of drug-likeness (QED) is 0.546. The summed E-state index contributed by atoms with van der Waals surface area (Å²) in [5.41, 5.74) is -0.437. The molecule has 1 aromatic rings. The van der Waals surface area contributed by atoms with Gasteiger partial charge in [-0.3, -0.25) is 4.79 Å². The number of ether oxygens (including phenoxy) is 3. The van der Waals surface area contributed by atoms with Gasteiger partial charge in [-0.05, 0) is 49.1 Å². The van der Waals surface area contributed by atoms with Gasteiger partial charge in [0.2, 0.25) is 11.4 Å². The number of nitrogens with zero attached hydrogens (tertiary/aromatic N) is 1. The van der Waals surface area contributed by atoms with Crippen LogP contribution in [-0.4, -0.2) is 83.1 Å². The summed E-state index contributed by atoms with van der Waals surface area (Å²) >= 11 is 6.44. The molecule has 0 aromatic heterocycles. The van der Waals surface area contributed by atoms with E-state index in [1.807, 2.05) is 0 Å². The van der Waals surface area contributed by atoms with Crippen molar-refractivity contribution in [2.45, 2.75) is 49.5 Å². The van der Waals surface area contributed by atoms with Gasteiger partial charge in [0, 0.05) is 25.0 Å². The molecule has 2 saturated heterocycles. The van der Waals surface area contributed by atoms with E-state index in [0.29, 0.717) is 23.6 Å². The molecule has 3 aliphatic rings. The fourth-order valence-electron chi connectivity index (χ4n) is 4.91. The number of aliphatic hydroxyl groups is 3. The molecule has 2 bridgehead atoms. The lowest BCUT2D eigenvalue weighted by atomic mass is 9.77. The summed E-state index contributed by atoms with van der Waals surface area (Å²) in [7, 11) is 3.00. The molecule has 1 aliphatic carbocycles. The van der Waals surface area contributed by atoms with Gasteiger partial charge in [0.1, 0.15) is 18.3 Å². The van der Waals surface area contributed by atoms with Gasteiger partial charge in [-0.1, -0.05) is 23.7 Å². The van der Waals surface area contributed by atoms with Crippen LogP contribution in [0.1, 0.15) is 18.9 Å². The van der Waals surface area contributed by atoms with Crippen molar-refractivity contribution in [3.05, 3.63) is 52.3 Å². The Kier molecular flexibility index (Phi) is 6.80. The van der Waals surface area contributed by atoms with E-state index in [1.165, 1.54) is 25.1 Å². The number of carbonyl (C=O) groups excluding carboxylic acids is 1. The van der Waals surface area contributed by atoms with E-state index in [9.17, 15) is 24.5 Å². The molecule has 8 nitrogen and oxygen atoms in total. The SMILES string of the molecule is CCOc1ccc(CC2=C(Cl)C=CC([C@]34OC[C@](C(=O)N(C)C)(O3)[C@@H](O)[C@H](O)[C@H]4O)C2)cc1F. The molecule has 1 unspecified atom stereocenters. The van der Waals surface area contributed by atoms with Gasteiger partial charge < -0.3 is 34.4 Å². The lowest BCUT2D eigenvalue weighted by Gasteiger charge is -2.49. The van der Waals surface area contributed by atoms with Crippen LogP contribution < -0.4 is 4.74 Å². The Hall–Kier alpha value is -2.01. The molecule has 0 radical (unpaired) electrons. The third-order valence-corrected chi connectivity index (χ3v) is 7.06. The number of benzene rings is 1. The summed E-state index contributed by atoms with van der Waals surface area (Å²) in [6.07, 6.45) is -1.06. The minimum Gasteiger partial charge on any atom is -0.491 e. The number of hydrogen-bond donors (Lipinski definition) is 3. The van der Waals surface area contributed by atoms with E-state index in [-0.39, 0.29) is 18.8 Å². The van der Waals surface area contributed by atoms with Crippen LogP contribution in [0.15, 0.2) is 41.0 Å². The molecule has 1 amide bonds. The zero-order valence-corrected chi connectivity index (χ0v) is 20.0. The molecular weight excluding hydrogens is 469 g/mol. The smallest absolute Gasteiger partial charge is 0.259 e. The van der Waals surface area contributed by atoms with E-state index in [1.54, 1.807) is 31.2 Å². The fraction of sp³-hybridized carbons (Fsp3) is 0.542. The van der Waals surface area contributed by atoms with Crippen molar-refractivity contribution >= 4 is 17.5 Å². The monoisotopic (exact) mass is 497 g/mol. The largest absolute Gasteiger partial charge is 0.491 e. The maximum absolute atomic E-state index is 14.3. The zero-order chi connectivity index (χ0) is 24.8. The summed E-state index contributed by atoms with van der Waals surface area (Å²) in [5, 5.41) is 32.6. The highest BCUT2D eigenvalue weighted by atomic mass is 35.5. The number of fused-ring (bicyclic) bond motifs is 2. The second-order valence-corrected chi connectivity index (χ2v) is 9.48. The van der Waals surface area contributed by atoms with Crippen LogP contribution in [0.2, 0.25) is 0 Å². The number of aliphatic hydroxyl groups excluding tert-OH is 3. The molecule has 6 atom stereocenters. The fourth-order valence-corrected chi connectivity index (χ4v) is 5.13. The van der Waals surface area contributed by atoms with Gasteiger partial charge in [0.05, 0.1) is 13.2 Å². The average Bonchev–Trinajstić information content (AvgIpc) is 3.20. The first-order valence-electron chi connectivity index (χ1n) is 11.1. The number of allylic oxidation sites excluding steroid dienone is 3. The van der Waals surface area contributed by atoms with Gasteiger partial charge in [0.25, 0.3) is 5.91 Å². The van der Waals surface area contributed by atoms with E-state index < -0.39 is 47.3 Å². The Morgan fingerprint density at radius 2 is 2.03 bits per heavy atom. The molecule has 2 heterocycles.